The van der Waals surface area contributed by atoms with Crippen molar-refractivity contribution in [3.05, 3.63) is 0 Å². The largest absolute Gasteiger partial charge is 0.349 e. The van der Waals surface area contributed by atoms with Gasteiger partial charge in [0.15, 0.2) is 5.96 Å². The molecule has 0 radical (unpaired) electrons. The average molecular weight is 255 g/mol. The summed E-state index contributed by atoms with van der Waals surface area (Å²) in [6, 6.07) is 0.522. The highest BCUT2D eigenvalue weighted by Gasteiger charge is 2.19. The second kappa shape index (κ2) is 6.95. The summed E-state index contributed by atoms with van der Waals surface area (Å²) in [5, 5.41) is 0. The first kappa shape index (κ1) is 15.2. The third-order valence-corrected chi connectivity index (χ3v) is 3.46. The lowest BCUT2D eigenvalue weighted by molar-refractivity contribution is 0.122. The van der Waals surface area contributed by atoms with Crippen LogP contribution in [0.25, 0.3) is 0 Å². The van der Waals surface area contributed by atoms with Crippen LogP contribution in [0, 0.1) is 0 Å². The van der Waals surface area contributed by atoms with Gasteiger partial charge in [-0.2, -0.15) is 0 Å². The minimum atomic E-state index is 0.522. The van der Waals surface area contributed by atoms with Crippen molar-refractivity contribution in [3.8, 4) is 0 Å². The molecule has 1 unspecified atom stereocenters. The van der Waals surface area contributed by atoms with Crippen LogP contribution in [0.5, 0.6) is 0 Å². The van der Waals surface area contributed by atoms with E-state index in [1.165, 1.54) is 13.1 Å². The van der Waals surface area contributed by atoms with Crippen LogP contribution >= 0.6 is 0 Å². The van der Waals surface area contributed by atoms with Crippen LogP contribution in [0.2, 0.25) is 0 Å². The van der Waals surface area contributed by atoms with Gasteiger partial charge < -0.3 is 14.7 Å². The van der Waals surface area contributed by atoms with Gasteiger partial charge in [-0.1, -0.05) is 0 Å². The van der Waals surface area contributed by atoms with Gasteiger partial charge in [0.25, 0.3) is 0 Å². The number of hydrogen-bond donors (Lipinski definition) is 0. The van der Waals surface area contributed by atoms with Crippen molar-refractivity contribution < 1.29 is 0 Å². The molecular weight excluding hydrogens is 226 g/mol. The number of aliphatic imine (C=N–C) groups is 1. The van der Waals surface area contributed by atoms with Crippen molar-refractivity contribution in [1.29, 1.82) is 0 Å². The average Bonchev–Trinajstić information content (AvgIpc) is 2.28. The van der Waals surface area contributed by atoms with E-state index in [-0.39, 0.29) is 0 Å². The van der Waals surface area contributed by atoms with E-state index in [4.69, 9.17) is 4.99 Å². The maximum atomic E-state index is 4.73. The predicted molar refractivity (Wildman–Crippen MR) is 78.2 cm³/mol. The summed E-state index contributed by atoms with van der Waals surface area (Å²) in [5.41, 5.74) is 0. The van der Waals surface area contributed by atoms with E-state index in [1.807, 2.05) is 28.2 Å². The van der Waals surface area contributed by atoms with Crippen LogP contribution in [0.3, 0.4) is 0 Å². The molecule has 0 saturated carbocycles. The number of piperazine rings is 1. The zero-order valence-electron chi connectivity index (χ0n) is 12.8. The lowest BCUT2D eigenvalue weighted by Crippen LogP contribution is -2.49. The van der Waals surface area contributed by atoms with Crippen molar-refractivity contribution in [3.63, 3.8) is 0 Å². The molecule has 1 saturated heterocycles. The fraction of sp³-hybridized carbons (Fsp3) is 0.923. The number of hydrogen-bond acceptors (Lipinski definition) is 3. The van der Waals surface area contributed by atoms with Gasteiger partial charge in [-0.05, 0) is 14.0 Å². The first-order valence-electron chi connectivity index (χ1n) is 6.73. The molecule has 1 aliphatic rings. The fourth-order valence-corrected chi connectivity index (χ4v) is 2.27. The van der Waals surface area contributed by atoms with E-state index < -0.39 is 0 Å². The summed E-state index contributed by atoms with van der Waals surface area (Å²) in [6.07, 6.45) is 0. The van der Waals surface area contributed by atoms with Crippen molar-refractivity contribution in [2.75, 3.05) is 68.0 Å². The minimum Gasteiger partial charge on any atom is -0.349 e. The molecule has 0 aromatic heterocycles. The molecule has 1 fully saturated rings. The quantitative estimate of drug-likeness (QED) is 0.528. The Bertz CT molecular complexity index is 257. The van der Waals surface area contributed by atoms with Gasteiger partial charge in [-0.25, -0.2) is 0 Å². The normalized spacial score (nSPS) is 19.4. The minimum absolute atomic E-state index is 0.522. The molecule has 5 heteroatoms. The van der Waals surface area contributed by atoms with Gasteiger partial charge in [0.2, 0.25) is 0 Å². The molecule has 1 rings (SSSR count). The van der Waals surface area contributed by atoms with Crippen LogP contribution in [-0.4, -0.2) is 99.6 Å². The summed E-state index contributed by atoms with van der Waals surface area (Å²) in [5.74, 6) is 1.04. The van der Waals surface area contributed by atoms with Gasteiger partial charge in [0.05, 0.1) is 6.54 Å². The van der Waals surface area contributed by atoms with E-state index in [9.17, 15) is 0 Å². The zero-order valence-corrected chi connectivity index (χ0v) is 12.8. The van der Waals surface area contributed by atoms with Gasteiger partial charge in [-0.15, -0.1) is 0 Å². The molecule has 1 heterocycles. The van der Waals surface area contributed by atoms with Crippen LogP contribution in [0.4, 0.5) is 0 Å². The maximum absolute atomic E-state index is 4.73. The highest BCUT2D eigenvalue weighted by molar-refractivity contribution is 5.79. The molecule has 0 bridgehead atoms. The van der Waals surface area contributed by atoms with Gasteiger partial charge in [0.1, 0.15) is 0 Å². The van der Waals surface area contributed by atoms with Crippen molar-refractivity contribution in [1.82, 2.24) is 19.6 Å². The molecule has 0 aliphatic carbocycles. The molecule has 0 spiro atoms. The second-order valence-electron chi connectivity index (χ2n) is 5.62. The predicted octanol–water partition coefficient (Wildman–Crippen LogP) is 0.102. The molecule has 5 nitrogen and oxygen atoms in total. The van der Waals surface area contributed by atoms with Gasteiger partial charge >= 0.3 is 0 Å². The Kier molecular flexibility index (Phi) is 5.88. The van der Waals surface area contributed by atoms with Crippen LogP contribution in [0.15, 0.2) is 4.99 Å². The van der Waals surface area contributed by atoms with E-state index >= 15 is 0 Å². The number of likely N-dealkylation sites (N-methyl/N-ethyl adjacent to an activating group) is 1. The summed E-state index contributed by atoms with van der Waals surface area (Å²) in [4.78, 5) is 13.8. The Morgan fingerprint density at radius 2 is 1.56 bits per heavy atom. The Morgan fingerprint density at radius 3 is 2.00 bits per heavy atom. The maximum Gasteiger partial charge on any atom is 0.195 e. The van der Waals surface area contributed by atoms with Crippen LogP contribution < -0.4 is 0 Å². The molecule has 0 aromatic rings. The molecule has 0 amide bonds. The number of rotatable bonds is 3. The monoisotopic (exact) mass is 255 g/mol. The molecule has 0 aromatic carbocycles. The Labute approximate surface area is 112 Å². The molecule has 0 N–H and O–H groups in total. The number of nitrogens with zero attached hydrogens (tertiary/aromatic N) is 5. The highest BCUT2D eigenvalue weighted by atomic mass is 15.3. The van der Waals surface area contributed by atoms with E-state index in [1.54, 1.807) is 0 Å². The van der Waals surface area contributed by atoms with Crippen molar-refractivity contribution in [2.24, 2.45) is 4.99 Å². The van der Waals surface area contributed by atoms with Gasteiger partial charge in [0, 0.05) is 60.4 Å². The third kappa shape index (κ3) is 4.46. The summed E-state index contributed by atoms with van der Waals surface area (Å²) < 4.78 is 0. The van der Waals surface area contributed by atoms with Crippen LogP contribution in [0.1, 0.15) is 6.92 Å². The number of guanidine groups is 1. The Balaban J connectivity index is 2.48. The first-order chi connectivity index (χ1) is 8.41. The van der Waals surface area contributed by atoms with Crippen LogP contribution in [-0.2, 0) is 0 Å². The van der Waals surface area contributed by atoms with E-state index in [0.29, 0.717) is 6.04 Å². The second-order valence-corrected chi connectivity index (χ2v) is 5.62. The van der Waals surface area contributed by atoms with E-state index in [0.717, 1.165) is 25.6 Å². The van der Waals surface area contributed by atoms with Crippen molar-refractivity contribution >= 4 is 5.96 Å². The molecule has 18 heavy (non-hydrogen) atoms. The molecule has 1 aliphatic heterocycles. The Hall–Kier alpha value is -0.810. The topological polar surface area (TPSA) is 25.3 Å². The smallest absolute Gasteiger partial charge is 0.195 e. The summed E-state index contributed by atoms with van der Waals surface area (Å²) in [7, 11) is 10.4. The fourth-order valence-electron chi connectivity index (χ4n) is 2.27. The first-order valence-corrected chi connectivity index (χ1v) is 6.73. The molecule has 106 valence electrons. The molecule has 1 atom stereocenters. The van der Waals surface area contributed by atoms with Crippen molar-refractivity contribution in [2.45, 2.75) is 13.0 Å². The summed E-state index contributed by atoms with van der Waals surface area (Å²) >= 11 is 0. The SMILES string of the molecule is CC(CN=C(N(C)C)N(C)C)N1CCN(C)CC1. The standard InChI is InChI=1S/C13H29N5/c1-12(18-9-7-17(6)8-10-18)11-14-13(15(2)3)16(4)5/h12H,7-11H2,1-6H3. The molecular formula is C13H29N5. The van der Waals surface area contributed by atoms with Gasteiger partial charge in [-0.3, -0.25) is 9.89 Å². The lowest BCUT2D eigenvalue weighted by Gasteiger charge is -2.36. The zero-order chi connectivity index (χ0) is 13.7. The Morgan fingerprint density at radius 1 is 1.06 bits per heavy atom. The van der Waals surface area contributed by atoms with E-state index in [2.05, 4.69) is 33.6 Å². The lowest BCUT2D eigenvalue weighted by atomic mass is 10.2. The summed E-state index contributed by atoms with van der Waals surface area (Å²) in [6.45, 7) is 7.80. The highest BCUT2D eigenvalue weighted by Crippen LogP contribution is 2.05. The third-order valence-electron chi connectivity index (χ3n) is 3.46.